The Morgan fingerprint density at radius 1 is 1.26 bits per heavy atom. The molecule has 1 heterocycles. The quantitative estimate of drug-likeness (QED) is 0.793. The summed E-state index contributed by atoms with van der Waals surface area (Å²) in [7, 11) is -3.44. The van der Waals surface area contributed by atoms with E-state index in [2.05, 4.69) is 0 Å². The average Bonchev–Trinajstić information content (AvgIpc) is 2.80. The first-order chi connectivity index (χ1) is 9.01. The van der Waals surface area contributed by atoms with Gasteiger partial charge in [-0.25, -0.2) is 8.42 Å². The van der Waals surface area contributed by atoms with Crippen molar-refractivity contribution in [3.63, 3.8) is 0 Å². The molecule has 19 heavy (non-hydrogen) atoms. The van der Waals surface area contributed by atoms with E-state index in [1.165, 1.54) is 4.31 Å². The molecule has 6 heteroatoms. The Kier molecular flexibility index (Phi) is 6.03. The first-order valence-electron chi connectivity index (χ1n) is 6.81. The Labute approximate surface area is 115 Å². The molecule has 0 aromatic carbocycles. The zero-order chi connectivity index (χ0) is 14.5. The van der Waals surface area contributed by atoms with Crippen molar-refractivity contribution in [3.8, 4) is 0 Å². The van der Waals surface area contributed by atoms with Gasteiger partial charge in [0.15, 0.2) is 0 Å². The molecule has 0 aliphatic rings. The van der Waals surface area contributed by atoms with Crippen molar-refractivity contribution < 1.29 is 13.5 Å². The Morgan fingerprint density at radius 3 is 2.42 bits per heavy atom. The minimum absolute atomic E-state index is 0.143. The van der Waals surface area contributed by atoms with Crippen molar-refractivity contribution in [1.29, 1.82) is 0 Å². The fraction of sp³-hybridized carbons (Fsp3) is 0.692. The van der Waals surface area contributed by atoms with Crippen LogP contribution in [-0.4, -0.2) is 35.5 Å². The number of rotatable bonds is 8. The number of hydrogen-bond acceptors (Lipinski definition) is 3. The average molecular weight is 288 g/mol. The molecule has 0 atom stereocenters. The standard InChI is InChI=1S/C13H24N2O3S/c1-4-7-14-10-13(9-12(14)11-16)19(17,18)15(6-3)8-5-2/h9-10,16H,4-8,11H2,1-3H3. The molecular formula is C13H24N2O3S. The molecule has 0 aliphatic carbocycles. The van der Waals surface area contributed by atoms with Gasteiger partial charge in [-0.1, -0.05) is 20.8 Å². The lowest BCUT2D eigenvalue weighted by molar-refractivity contribution is 0.270. The van der Waals surface area contributed by atoms with Crippen LogP contribution in [0.5, 0.6) is 0 Å². The molecule has 0 radical (unpaired) electrons. The number of sulfonamides is 1. The van der Waals surface area contributed by atoms with Crippen LogP contribution >= 0.6 is 0 Å². The minimum Gasteiger partial charge on any atom is -0.390 e. The summed E-state index contributed by atoms with van der Waals surface area (Å²) in [6, 6.07) is 1.57. The summed E-state index contributed by atoms with van der Waals surface area (Å²) in [6.45, 7) is 7.37. The van der Waals surface area contributed by atoms with Crippen LogP contribution in [0.2, 0.25) is 0 Å². The number of aryl methyl sites for hydroxylation is 1. The number of hydrogen-bond donors (Lipinski definition) is 1. The van der Waals surface area contributed by atoms with Gasteiger partial charge in [0, 0.05) is 31.5 Å². The molecule has 0 fully saturated rings. The molecule has 0 unspecified atom stereocenters. The number of nitrogens with zero attached hydrogens (tertiary/aromatic N) is 2. The van der Waals surface area contributed by atoms with Crippen molar-refractivity contribution >= 4 is 10.0 Å². The largest absolute Gasteiger partial charge is 0.390 e. The van der Waals surface area contributed by atoms with Gasteiger partial charge in [0.2, 0.25) is 10.0 Å². The van der Waals surface area contributed by atoms with Gasteiger partial charge in [0.1, 0.15) is 4.90 Å². The Hall–Kier alpha value is -0.850. The number of aromatic nitrogens is 1. The SMILES string of the molecule is CCCN(CC)S(=O)(=O)c1cc(CO)n(CCC)c1. The van der Waals surface area contributed by atoms with Gasteiger partial charge in [-0.3, -0.25) is 0 Å². The third-order valence-electron chi connectivity index (χ3n) is 3.05. The zero-order valence-electron chi connectivity index (χ0n) is 12.0. The monoisotopic (exact) mass is 288 g/mol. The van der Waals surface area contributed by atoms with Crippen molar-refractivity contribution in [3.05, 3.63) is 18.0 Å². The van der Waals surface area contributed by atoms with Crippen LogP contribution in [0.1, 0.15) is 39.3 Å². The Balaban J connectivity index is 3.13. The van der Waals surface area contributed by atoms with Gasteiger partial charge < -0.3 is 9.67 Å². The molecule has 0 aliphatic heterocycles. The van der Waals surface area contributed by atoms with Crippen LogP contribution in [0.25, 0.3) is 0 Å². The predicted molar refractivity (Wildman–Crippen MR) is 75.4 cm³/mol. The van der Waals surface area contributed by atoms with E-state index in [-0.39, 0.29) is 11.5 Å². The fourth-order valence-corrected chi connectivity index (χ4v) is 3.70. The van der Waals surface area contributed by atoms with Crippen molar-refractivity contribution in [2.24, 2.45) is 0 Å². The van der Waals surface area contributed by atoms with E-state index in [0.717, 1.165) is 12.8 Å². The smallest absolute Gasteiger partial charge is 0.244 e. The van der Waals surface area contributed by atoms with E-state index in [9.17, 15) is 13.5 Å². The minimum atomic E-state index is -3.44. The van der Waals surface area contributed by atoms with Crippen LogP contribution in [0.15, 0.2) is 17.2 Å². The molecule has 0 bridgehead atoms. The lowest BCUT2D eigenvalue weighted by Crippen LogP contribution is -2.31. The molecule has 1 rings (SSSR count). The summed E-state index contributed by atoms with van der Waals surface area (Å²) >= 11 is 0. The van der Waals surface area contributed by atoms with Crippen molar-refractivity contribution in [2.75, 3.05) is 13.1 Å². The lowest BCUT2D eigenvalue weighted by atomic mass is 10.4. The van der Waals surface area contributed by atoms with Gasteiger partial charge in [-0.15, -0.1) is 0 Å². The first-order valence-corrected chi connectivity index (χ1v) is 8.25. The molecule has 1 N–H and O–H groups in total. The van der Waals surface area contributed by atoms with E-state index in [1.807, 2.05) is 25.3 Å². The predicted octanol–water partition coefficient (Wildman–Crippen LogP) is 1.81. The Bertz CT molecular complexity index is 494. The second kappa shape index (κ2) is 7.07. The van der Waals surface area contributed by atoms with Crippen LogP contribution in [0.3, 0.4) is 0 Å². The van der Waals surface area contributed by atoms with E-state index in [4.69, 9.17) is 0 Å². The molecule has 0 amide bonds. The highest BCUT2D eigenvalue weighted by atomic mass is 32.2. The summed E-state index contributed by atoms with van der Waals surface area (Å²) in [5, 5.41) is 9.29. The molecular weight excluding hydrogens is 264 g/mol. The van der Waals surface area contributed by atoms with Gasteiger partial charge >= 0.3 is 0 Å². The summed E-state index contributed by atoms with van der Waals surface area (Å²) in [5.74, 6) is 0. The van der Waals surface area contributed by atoms with Gasteiger partial charge in [-0.2, -0.15) is 4.31 Å². The van der Waals surface area contributed by atoms with E-state index in [1.54, 1.807) is 12.3 Å². The molecule has 1 aromatic heterocycles. The lowest BCUT2D eigenvalue weighted by Gasteiger charge is -2.18. The summed E-state index contributed by atoms with van der Waals surface area (Å²) in [6.07, 6.45) is 3.31. The van der Waals surface area contributed by atoms with Crippen LogP contribution in [0.4, 0.5) is 0 Å². The second-order valence-electron chi connectivity index (χ2n) is 4.52. The zero-order valence-corrected chi connectivity index (χ0v) is 12.8. The number of aliphatic hydroxyl groups excluding tert-OH is 1. The van der Waals surface area contributed by atoms with Crippen LogP contribution in [-0.2, 0) is 23.2 Å². The van der Waals surface area contributed by atoms with Crippen molar-refractivity contribution in [1.82, 2.24) is 8.87 Å². The second-order valence-corrected chi connectivity index (χ2v) is 6.45. The molecule has 5 nitrogen and oxygen atoms in total. The Morgan fingerprint density at radius 2 is 1.95 bits per heavy atom. The van der Waals surface area contributed by atoms with Gasteiger partial charge in [0.05, 0.1) is 6.61 Å². The highest BCUT2D eigenvalue weighted by molar-refractivity contribution is 7.89. The maximum atomic E-state index is 12.5. The normalized spacial score (nSPS) is 12.3. The summed E-state index contributed by atoms with van der Waals surface area (Å²) < 4.78 is 28.2. The topological polar surface area (TPSA) is 62.5 Å². The summed E-state index contributed by atoms with van der Waals surface area (Å²) in [5.41, 5.74) is 0.646. The van der Waals surface area contributed by atoms with E-state index >= 15 is 0 Å². The molecule has 110 valence electrons. The van der Waals surface area contributed by atoms with E-state index < -0.39 is 10.0 Å². The van der Waals surface area contributed by atoms with Crippen LogP contribution < -0.4 is 0 Å². The highest BCUT2D eigenvalue weighted by Crippen LogP contribution is 2.20. The molecule has 0 saturated carbocycles. The third kappa shape index (κ3) is 3.58. The maximum Gasteiger partial charge on any atom is 0.244 e. The highest BCUT2D eigenvalue weighted by Gasteiger charge is 2.24. The van der Waals surface area contributed by atoms with Crippen LogP contribution in [0, 0.1) is 0 Å². The number of aliphatic hydroxyl groups is 1. The summed E-state index contributed by atoms with van der Waals surface area (Å²) in [4.78, 5) is 0.278. The fourth-order valence-electron chi connectivity index (χ4n) is 2.09. The van der Waals surface area contributed by atoms with Gasteiger partial charge in [0.25, 0.3) is 0 Å². The van der Waals surface area contributed by atoms with Crippen molar-refractivity contribution in [2.45, 2.75) is 51.7 Å². The molecule has 0 spiro atoms. The van der Waals surface area contributed by atoms with E-state index in [0.29, 0.717) is 25.3 Å². The maximum absolute atomic E-state index is 12.5. The molecule has 0 saturated heterocycles. The third-order valence-corrected chi connectivity index (χ3v) is 4.99. The molecule has 1 aromatic rings. The first kappa shape index (κ1) is 16.2. The van der Waals surface area contributed by atoms with Gasteiger partial charge in [-0.05, 0) is 18.9 Å².